The van der Waals surface area contributed by atoms with Crippen LogP contribution in [0.5, 0.6) is 0 Å². The van der Waals surface area contributed by atoms with Crippen LogP contribution in [0.15, 0.2) is 22.7 Å². The fraction of sp³-hybridized carbons (Fsp3) is 0.273. The van der Waals surface area contributed by atoms with Crippen molar-refractivity contribution in [3.63, 3.8) is 0 Å². The van der Waals surface area contributed by atoms with E-state index in [-0.39, 0.29) is 24.4 Å². The number of carbonyl (C=O) groups is 2. The lowest BCUT2D eigenvalue weighted by Gasteiger charge is -2.02. The quantitative estimate of drug-likeness (QED) is 0.793. The summed E-state index contributed by atoms with van der Waals surface area (Å²) >= 11 is 9.16. The normalized spacial score (nSPS) is 10.1. The summed E-state index contributed by atoms with van der Waals surface area (Å²) in [5, 5.41) is 0.415. The molecule has 0 aliphatic heterocycles. The van der Waals surface area contributed by atoms with Crippen molar-refractivity contribution in [2.75, 3.05) is 0 Å². The molecule has 0 amide bonds. The van der Waals surface area contributed by atoms with Crippen molar-refractivity contribution in [2.45, 2.75) is 19.8 Å². The molecule has 0 saturated carbocycles. The first kappa shape index (κ1) is 12.4. The highest BCUT2D eigenvalue weighted by atomic mass is 79.9. The fourth-order valence-corrected chi connectivity index (χ4v) is 1.92. The van der Waals surface area contributed by atoms with E-state index < -0.39 is 0 Å². The van der Waals surface area contributed by atoms with E-state index in [9.17, 15) is 9.59 Å². The Morgan fingerprint density at radius 3 is 2.53 bits per heavy atom. The predicted octanol–water partition coefficient (Wildman–Crippen LogP) is 3.65. The molecule has 1 rings (SSSR count). The molecule has 0 fully saturated rings. The number of halogens is 2. The van der Waals surface area contributed by atoms with Crippen molar-refractivity contribution in [2.24, 2.45) is 0 Å². The maximum atomic E-state index is 11.6. The highest BCUT2D eigenvalue weighted by Gasteiger charge is 2.11. The van der Waals surface area contributed by atoms with Crippen LogP contribution in [0.1, 0.15) is 30.1 Å². The molecule has 0 N–H and O–H groups in total. The highest BCUT2D eigenvalue weighted by molar-refractivity contribution is 9.10. The van der Waals surface area contributed by atoms with Crippen LogP contribution in [0.3, 0.4) is 0 Å². The van der Waals surface area contributed by atoms with E-state index in [0.717, 1.165) is 4.47 Å². The third kappa shape index (κ3) is 3.76. The average Bonchev–Trinajstić information content (AvgIpc) is 2.14. The van der Waals surface area contributed by atoms with Crippen molar-refractivity contribution in [1.82, 2.24) is 0 Å². The Labute approximate surface area is 102 Å². The van der Waals surface area contributed by atoms with Gasteiger partial charge in [-0.1, -0.05) is 27.5 Å². The Hall–Kier alpha value is -0.670. The molecule has 0 aliphatic rings. The van der Waals surface area contributed by atoms with Crippen molar-refractivity contribution in [3.05, 3.63) is 33.3 Å². The van der Waals surface area contributed by atoms with Gasteiger partial charge in [0.15, 0.2) is 5.78 Å². The zero-order valence-corrected chi connectivity index (χ0v) is 10.6. The van der Waals surface area contributed by atoms with Gasteiger partial charge in [-0.15, -0.1) is 0 Å². The molecule has 0 radical (unpaired) electrons. The molecule has 0 heterocycles. The maximum absolute atomic E-state index is 11.6. The lowest BCUT2D eigenvalue weighted by Crippen LogP contribution is -2.02. The molecule has 15 heavy (non-hydrogen) atoms. The van der Waals surface area contributed by atoms with Crippen LogP contribution in [0.4, 0.5) is 0 Å². The number of rotatable bonds is 4. The van der Waals surface area contributed by atoms with Gasteiger partial charge < -0.3 is 4.79 Å². The molecule has 0 aromatic heterocycles. The van der Waals surface area contributed by atoms with E-state index in [1.165, 1.54) is 6.92 Å². The second kappa shape index (κ2) is 5.42. The van der Waals surface area contributed by atoms with E-state index in [2.05, 4.69) is 15.9 Å². The second-order valence-corrected chi connectivity index (χ2v) is 4.57. The van der Waals surface area contributed by atoms with E-state index in [4.69, 9.17) is 11.6 Å². The van der Waals surface area contributed by atoms with Crippen LogP contribution in [0.2, 0.25) is 5.02 Å². The summed E-state index contributed by atoms with van der Waals surface area (Å²) in [5.74, 6) is -0.0840. The van der Waals surface area contributed by atoms with Gasteiger partial charge in [-0.2, -0.15) is 0 Å². The highest BCUT2D eigenvalue weighted by Crippen LogP contribution is 2.22. The summed E-state index contributed by atoms with van der Waals surface area (Å²) in [6.45, 7) is 1.47. The van der Waals surface area contributed by atoms with Gasteiger partial charge in [0.2, 0.25) is 0 Å². The summed E-state index contributed by atoms with van der Waals surface area (Å²) in [5.41, 5.74) is 0.473. The number of Topliss-reactive ketones (excluding diaryl/α,β-unsaturated/α-hetero) is 2. The second-order valence-electron chi connectivity index (χ2n) is 3.25. The monoisotopic (exact) mass is 288 g/mol. The SMILES string of the molecule is CC(=O)CCC(=O)c1ccc(Br)cc1Cl. The summed E-state index contributed by atoms with van der Waals surface area (Å²) in [4.78, 5) is 22.4. The zero-order valence-electron chi connectivity index (χ0n) is 8.22. The molecular weight excluding hydrogens is 279 g/mol. The zero-order chi connectivity index (χ0) is 11.4. The lowest BCUT2D eigenvalue weighted by molar-refractivity contribution is -0.116. The minimum absolute atomic E-state index is 0.0107. The van der Waals surface area contributed by atoms with Crippen molar-refractivity contribution < 1.29 is 9.59 Å². The summed E-state index contributed by atoms with van der Waals surface area (Å²) < 4.78 is 0.829. The molecule has 0 aliphatic carbocycles. The van der Waals surface area contributed by atoms with Gasteiger partial charge in [-0.25, -0.2) is 0 Å². The molecular formula is C11H10BrClO2. The minimum atomic E-state index is -0.0947. The van der Waals surface area contributed by atoms with Crippen LogP contribution < -0.4 is 0 Å². The summed E-state index contributed by atoms with van der Waals surface area (Å²) in [6.07, 6.45) is 0.488. The first-order valence-electron chi connectivity index (χ1n) is 4.48. The van der Waals surface area contributed by atoms with Crippen LogP contribution in [0.25, 0.3) is 0 Å². The topological polar surface area (TPSA) is 34.1 Å². The molecule has 4 heteroatoms. The van der Waals surface area contributed by atoms with Crippen molar-refractivity contribution >= 4 is 39.1 Å². The standard InChI is InChI=1S/C11H10BrClO2/c1-7(14)2-5-11(15)9-4-3-8(12)6-10(9)13/h3-4,6H,2,5H2,1H3. The van der Waals surface area contributed by atoms with Crippen LogP contribution in [0, 0.1) is 0 Å². The van der Waals surface area contributed by atoms with Gasteiger partial charge in [0, 0.05) is 22.9 Å². The van der Waals surface area contributed by atoms with Crippen LogP contribution in [-0.2, 0) is 4.79 Å². The minimum Gasteiger partial charge on any atom is -0.300 e. The van der Waals surface area contributed by atoms with Gasteiger partial charge in [-0.3, -0.25) is 4.79 Å². The number of hydrogen-bond donors (Lipinski definition) is 0. The molecule has 0 unspecified atom stereocenters. The Balaban J connectivity index is 2.78. The molecule has 80 valence electrons. The van der Waals surface area contributed by atoms with Crippen molar-refractivity contribution in [3.8, 4) is 0 Å². The number of benzene rings is 1. The van der Waals surface area contributed by atoms with Gasteiger partial charge in [0.1, 0.15) is 5.78 Å². The van der Waals surface area contributed by atoms with Gasteiger partial charge in [0.05, 0.1) is 5.02 Å². The molecule has 0 saturated heterocycles. The molecule has 0 bridgehead atoms. The third-order valence-corrected chi connectivity index (χ3v) is 2.74. The smallest absolute Gasteiger partial charge is 0.164 e. The van der Waals surface area contributed by atoms with Gasteiger partial charge in [-0.05, 0) is 25.1 Å². The number of carbonyl (C=O) groups excluding carboxylic acids is 2. The van der Waals surface area contributed by atoms with E-state index in [0.29, 0.717) is 10.6 Å². The lowest BCUT2D eigenvalue weighted by atomic mass is 10.1. The summed E-state index contributed by atoms with van der Waals surface area (Å²) in [7, 11) is 0. The Morgan fingerprint density at radius 1 is 1.33 bits per heavy atom. The van der Waals surface area contributed by atoms with E-state index >= 15 is 0 Å². The number of ketones is 2. The van der Waals surface area contributed by atoms with Gasteiger partial charge in [0.25, 0.3) is 0 Å². The Morgan fingerprint density at radius 2 is 2.00 bits per heavy atom. The molecule has 2 nitrogen and oxygen atoms in total. The van der Waals surface area contributed by atoms with E-state index in [1.54, 1.807) is 18.2 Å². The molecule has 0 atom stereocenters. The Bertz CT molecular complexity index is 402. The number of hydrogen-bond acceptors (Lipinski definition) is 2. The van der Waals surface area contributed by atoms with E-state index in [1.807, 2.05) is 0 Å². The fourth-order valence-electron chi connectivity index (χ4n) is 1.14. The van der Waals surface area contributed by atoms with Crippen LogP contribution in [-0.4, -0.2) is 11.6 Å². The van der Waals surface area contributed by atoms with Crippen LogP contribution >= 0.6 is 27.5 Å². The largest absolute Gasteiger partial charge is 0.300 e. The summed E-state index contributed by atoms with van der Waals surface area (Å²) in [6, 6.07) is 5.09. The Kier molecular flexibility index (Phi) is 4.48. The maximum Gasteiger partial charge on any atom is 0.164 e. The molecule has 0 spiro atoms. The first-order chi connectivity index (χ1) is 7.00. The third-order valence-electron chi connectivity index (χ3n) is 1.94. The van der Waals surface area contributed by atoms with Gasteiger partial charge >= 0.3 is 0 Å². The molecule has 1 aromatic rings. The predicted molar refractivity (Wildman–Crippen MR) is 63.4 cm³/mol. The van der Waals surface area contributed by atoms with Crippen molar-refractivity contribution in [1.29, 1.82) is 0 Å². The first-order valence-corrected chi connectivity index (χ1v) is 5.65. The average molecular weight is 290 g/mol. The molecule has 1 aromatic carbocycles.